The van der Waals surface area contributed by atoms with E-state index < -0.39 is 0 Å². The summed E-state index contributed by atoms with van der Waals surface area (Å²) in [6.45, 7) is 2.79. The van der Waals surface area contributed by atoms with Gasteiger partial charge in [-0.2, -0.15) is 5.26 Å². The van der Waals surface area contributed by atoms with Crippen LogP contribution in [0.2, 0.25) is 5.02 Å². The van der Waals surface area contributed by atoms with E-state index in [2.05, 4.69) is 6.92 Å². The molecule has 0 aliphatic carbocycles. The fourth-order valence-corrected chi connectivity index (χ4v) is 2.58. The van der Waals surface area contributed by atoms with E-state index in [-0.39, 0.29) is 11.1 Å². The summed E-state index contributed by atoms with van der Waals surface area (Å²) in [4.78, 5) is 12.4. The Morgan fingerprint density at radius 3 is 2.45 bits per heavy atom. The third kappa shape index (κ3) is 3.78. The van der Waals surface area contributed by atoms with Crippen LogP contribution in [0.1, 0.15) is 38.2 Å². The summed E-state index contributed by atoms with van der Waals surface area (Å²) < 4.78 is 1.71. The molecule has 3 nitrogen and oxygen atoms in total. The van der Waals surface area contributed by atoms with E-state index in [0.29, 0.717) is 11.6 Å². The van der Waals surface area contributed by atoms with Gasteiger partial charge in [-0.1, -0.05) is 49.9 Å². The van der Waals surface area contributed by atoms with Gasteiger partial charge in [-0.15, -0.1) is 0 Å². The van der Waals surface area contributed by atoms with Gasteiger partial charge in [0.15, 0.2) is 0 Å². The highest BCUT2D eigenvalue weighted by molar-refractivity contribution is 6.30. The molecule has 22 heavy (non-hydrogen) atoms. The lowest BCUT2D eigenvalue weighted by Crippen LogP contribution is -2.24. The maximum atomic E-state index is 12.4. The van der Waals surface area contributed by atoms with Crippen LogP contribution in [-0.2, 0) is 6.54 Å². The van der Waals surface area contributed by atoms with Crippen molar-refractivity contribution in [1.29, 1.82) is 5.26 Å². The predicted molar refractivity (Wildman–Crippen MR) is 90.0 cm³/mol. The van der Waals surface area contributed by atoms with Crippen molar-refractivity contribution in [2.24, 2.45) is 0 Å². The zero-order valence-electron chi connectivity index (χ0n) is 12.7. The lowest BCUT2D eigenvalue weighted by molar-refractivity contribution is 0.573. The van der Waals surface area contributed by atoms with Gasteiger partial charge in [-0.25, -0.2) is 0 Å². The molecule has 114 valence electrons. The Balaban J connectivity index is 2.40. The summed E-state index contributed by atoms with van der Waals surface area (Å²) in [5.74, 6) is 0. The van der Waals surface area contributed by atoms with Gasteiger partial charge in [0.05, 0.1) is 5.69 Å². The molecule has 0 saturated heterocycles. The van der Waals surface area contributed by atoms with Gasteiger partial charge in [0, 0.05) is 11.6 Å². The molecule has 0 bridgehead atoms. The first-order valence-corrected chi connectivity index (χ1v) is 7.95. The van der Waals surface area contributed by atoms with Crippen molar-refractivity contribution in [3.8, 4) is 17.3 Å². The number of hydrogen-bond donors (Lipinski definition) is 0. The van der Waals surface area contributed by atoms with Gasteiger partial charge in [0.1, 0.15) is 11.6 Å². The summed E-state index contributed by atoms with van der Waals surface area (Å²) in [7, 11) is 0. The van der Waals surface area contributed by atoms with E-state index in [1.54, 1.807) is 22.8 Å². The van der Waals surface area contributed by atoms with Gasteiger partial charge in [-0.05, 0) is 36.2 Å². The number of nitrogens with zero attached hydrogens (tertiary/aromatic N) is 2. The van der Waals surface area contributed by atoms with Crippen LogP contribution >= 0.6 is 11.6 Å². The molecule has 0 amide bonds. The molecule has 0 fully saturated rings. The minimum Gasteiger partial charge on any atom is -0.307 e. The maximum Gasteiger partial charge on any atom is 0.268 e. The molecule has 2 rings (SSSR count). The minimum absolute atomic E-state index is 0.188. The van der Waals surface area contributed by atoms with Crippen molar-refractivity contribution in [3.63, 3.8) is 0 Å². The maximum absolute atomic E-state index is 12.4. The molecule has 2 aromatic rings. The molecule has 1 heterocycles. The zero-order valence-corrected chi connectivity index (χ0v) is 13.4. The fourth-order valence-electron chi connectivity index (χ4n) is 2.45. The van der Waals surface area contributed by atoms with E-state index >= 15 is 0 Å². The number of nitriles is 1. The van der Waals surface area contributed by atoms with E-state index in [9.17, 15) is 4.79 Å². The highest BCUT2D eigenvalue weighted by Crippen LogP contribution is 2.21. The van der Waals surface area contributed by atoms with Gasteiger partial charge in [0.2, 0.25) is 0 Å². The topological polar surface area (TPSA) is 45.8 Å². The van der Waals surface area contributed by atoms with Gasteiger partial charge >= 0.3 is 0 Å². The molecule has 0 spiro atoms. The largest absolute Gasteiger partial charge is 0.307 e. The molecule has 4 heteroatoms. The normalized spacial score (nSPS) is 10.4. The van der Waals surface area contributed by atoms with Crippen LogP contribution in [0.5, 0.6) is 0 Å². The fraction of sp³-hybridized carbons (Fsp3) is 0.333. The molecule has 0 atom stereocenters. The van der Waals surface area contributed by atoms with Crippen LogP contribution < -0.4 is 5.56 Å². The standard InChI is InChI=1S/C18H19ClN2O/c1-2-3-4-5-12-21-17(11-8-15(13-20)18(21)22)14-6-9-16(19)10-7-14/h6-11H,2-5,12H2,1H3. The molecule has 0 unspecified atom stereocenters. The molecule has 0 radical (unpaired) electrons. The smallest absolute Gasteiger partial charge is 0.268 e. The molecule has 1 aromatic heterocycles. The highest BCUT2D eigenvalue weighted by Gasteiger charge is 2.10. The second-order valence-electron chi connectivity index (χ2n) is 5.27. The van der Waals surface area contributed by atoms with E-state index in [4.69, 9.17) is 16.9 Å². The number of unbranched alkanes of at least 4 members (excludes halogenated alkanes) is 3. The van der Waals surface area contributed by atoms with Crippen molar-refractivity contribution in [2.75, 3.05) is 0 Å². The van der Waals surface area contributed by atoms with Crippen LogP contribution in [-0.4, -0.2) is 4.57 Å². The molecule has 1 aromatic carbocycles. The second kappa shape index (κ2) is 7.82. The van der Waals surface area contributed by atoms with E-state index in [0.717, 1.165) is 36.9 Å². The molecular formula is C18H19ClN2O. The van der Waals surface area contributed by atoms with Crippen molar-refractivity contribution in [1.82, 2.24) is 4.57 Å². The molecule has 0 N–H and O–H groups in total. The molecule has 0 saturated carbocycles. The summed E-state index contributed by atoms with van der Waals surface area (Å²) in [6, 6.07) is 12.8. The summed E-state index contributed by atoms with van der Waals surface area (Å²) in [5.41, 5.74) is 1.73. The van der Waals surface area contributed by atoms with Crippen LogP contribution in [0.15, 0.2) is 41.2 Å². The Morgan fingerprint density at radius 2 is 1.82 bits per heavy atom. The summed E-state index contributed by atoms with van der Waals surface area (Å²) >= 11 is 5.92. The van der Waals surface area contributed by atoms with Crippen molar-refractivity contribution in [3.05, 3.63) is 57.3 Å². The molecule has 0 aliphatic heterocycles. The van der Waals surface area contributed by atoms with Crippen LogP contribution in [0, 0.1) is 11.3 Å². The Bertz CT molecular complexity index is 726. The third-order valence-electron chi connectivity index (χ3n) is 3.67. The van der Waals surface area contributed by atoms with Crippen molar-refractivity contribution >= 4 is 11.6 Å². The lowest BCUT2D eigenvalue weighted by Gasteiger charge is -2.13. The Labute approximate surface area is 135 Å². The SMILES string of the molecule is CCCCCCn1c(-c2ccc(Cl)cc2)ccc(C#N)c1=O. The average molecular weight is 315 g/mol. The van der Waals surface area contributed by atoms with Crippen LogP contribution in [0.3, 0.4) is 0 Å². The zero-order chi connectivity index (χ0) is 15.9. The van der Waals surface area contributed by atoms with Crippen LogP contribution in [0.25, 0.3) is 11.3 Å². The second-order valence-corrected chi connectivity index (χ2v) is 5.70. The van der Waals surface area contributed by atoms with Crippen molar-refractivity contribution in [2.45, 2.75) is 39.2 Å². The van der Waals surface area contributed by atoms with Crippen LogP contribution in [0.4, 0.5) is 0 Å². The number of pyridine rings is 1. The third-order valence-corrected chi connectivity index (χ3v) is 3.92. The first-order valence-electron chi connectivity index (χ1n) is 7.57. The number of benzene rings is 1. The van der Waals surface area contributed by atoms with Gasteiger partial charge in [-0.3, -0.25) is 4.79 Å². The molecule has 0 aliphatic rings. The number of hydrogen-bond acceptors (Lipinski definition) is 2. The van der Waals surface area contributed by atoms with Crippen molar-refractivity contribution < 1.29 is 0 Å². The predicted octanol–water partition coefficient (Wildman–Crippen LogP) is 4.62. The summed E-state index contributed by atoms with van der Waals surface area (Å²) in [5, 5.41) is 9.73. The highest BCUT2D eigenvalue weighted by atomic mass is 35.5. The Kier molecular flexibility index (Phi) is 5.80. The first kappa shape index (κ1) is 16.3. The number of halogens is 1. The minimum atomic E-state index is -0.216. The molecular weight excluding hydrogens is 296 g/mol. The Morgan fingerprint density at radius 1 is 1.09 bits per heavy atom. The lowest BCUT2D eigenvalue weighted by atomic mass is 10.1. The summed E-state index contributed by atoms with van der Waals surface area (Å²) in [6.07, 6.45) is 4.32. The first-order chi connectivity index (χ1) is 10.7. The quantitative estimate of drug-likeness (QED) is 0.730. The van der Waals surface area contributed by atoms with Gasteiger partial charge in [0.25, 0.3) is 5.56 Å². The number of rotatable bonds is 6. The monoisotopic (exact) mass is 314 g/mol. The number of aromatic nitrogens is 1. The van der Waals surface area contributed by atoms with E-state index in [1.165, 1.54) is 0 Å². The van der Waals surface area contributed by atoms with Gasteiger partial charge < -0.3 is 4.57 Å². The average Bonchev–Trinajstić information content (AvgIpc) is 2.53. The van der Waals surface area contributed by atoms with E-state index in [1.807, 2.05) is 24.3 Å². The Hall–Kier alpha value is -2.05.